The first kappa shape index (κ1) is 18.3. The van der Waals surface area contributed by atoms with Crippen molar-refractivity contribution in [2.24, 2.45) is 4.99 Å². The smallest absolute Gasteiger partial charge is 0.191 e. The Morgan fingerprint density at radius 1 is 1.23 bits per heavy atom. The van der Waals surface area contributed by atoms with Crippen molar-refractivity contribution >= 4 is 5.96 Å². The summed E-state index contributed by atoms with van der Waals surface area (Å²) in [5.74, 6) is 1.67. The largest absolute Gasteiger partial charge is 0.493 e. The third-order valence-corrected chi connectivity index (χ3v) is 2.84. The molecular weight excluding hydrogens is 278 g/mol. The van der Waals surface area contributed by atoms with Crippen LogP contribution in [0.25, 0.3) is 0 Å². The molecule has 2 N–H and O–H groups in total. The maximum absolute atomic E-state index is 5.71. The maximum atomic E-state index is 5.71. The summed E-state index contributed by atoms with van der Waals surface area (Å²) < 4.78 is 10.7. The predicted octanol–water partition coefficient (Wildman–Crippen LogP) is 2.57. The molecule has 0 spiro atoms. The van der Waals surface area contributed by atoms with E-state index in [4.69, 9.17) is 9.47 Å². The van der Waals surface area contributed by atoms with Crippen LogP contribution in [0.1, 0.15) is 32.8 Å². The van der Waals surface area contributed by atoms with Crippen LogP contribution in [0.15, 0.2) is 29.3 Å². The van der Waals surface area contributed by atoms with Gasteiger partial charge in [0.2, 0.25) is 0 Å². The highest BCUT2D eigenvalue weighted by Gasteiger charge is 2.11. The zero-order chi connectivity index (χ0) is 16.4. The molecule has 1 aromatic carbocycles. The minimum Gasteiger partial charge on any atom is -0.493 e. The fourth-order valence-electron chi connectivity index (χ4n) is 1.86. The summed E-state index contributed by atoms with van der Waals surface area (Å²) in [5.41, 5.74) is 1.13. The number of hydrogen-bond donors (Lipinski definition) is 2. The summed E-state index contributed by atoms with van der Waals surface area (Å²) in [4.78, 5) is 4.23. The molecule has 0 atom stereocenters. The lowest BCUT2D eigenvalue weighted by Crippen LogP contribution is -2.47. The number of methoxy groups -OCH3 is 1. The normalized spacial score (nSPS) is 12.1. The second-order valence-corrected chi connectivity index (χ2v) is 6.14. The molecule has 0 unspecified atom stereocenters. The van der Waals surface area contributed by atoms with E-state index in [2.05, 4.69) is 42.5 Å². The lowest BCUT2D eigenvalue weighted by molar-refractivity contribution is 0.172. The van der Waals surface area contributed by atoms with Gasteiger partial charge in [0.15, 0.2) is 5.96 Å². The number of hydrogen-bond acceptors (Lipinski definition) is 3. The Morgan fingerprint density at radius 3 is 2.64 bits per heavy atom. The van der Waals surface area contributed by atoms with E-state index < -0.39 is 0 Å². The van der Waals surface area contributed by atoms with E-state index in [9.17, 15) is 0 Å². The third-order valence-electron chi connectivity index (χ3n) is 2.84. The van der Waals surface area contributed by atoms with Crippen LogP contribution in [0.3, 0.4) is 0 Å². The first-order valence-electron chi connectivity index (χ1n) is 7.64. The van der Waals surface area contributed by atoms with Gasteiger partial charge in [-0.2, -0.15) is 0 Å². The molecule has 1 aromatic rings. The molecule has 0 fully saturated rings. The van der Waals surface area contributed by atoms with Crippen molar-refractivity contribution in [1.29, 1.82) is 0 Å². The highest BCUT2D eigenvalue weighted by Crippen LogP contribution is 2.13. The van der Waals surface area contributed by atoms with Gasteiger partial charge in [0, 0.05) is 39.3 Å². The average molecular weight is 307 g/mol. The van der Waals surface area contributed by atoms with Crippen molar-refractivity contribution < 1.29 is 9.47 Å². The zero-order valence-corrected chi connectivity index (χ0v) is 14.4. The molecule has 5 nitrogen and oxygen atoms in total. The molecule has 0 saturated heterocycles. The van der Waals surface area contributed by atoms with E-state index in [0.29, 0.717) is 13.2 Å². The number of ether oxygens (including phenoxy) is 2. The Labute approximate surface area is 134 Å². The fourth-order valence-corrected chi connectivity index (χ4v) is 1.86. The standard InChI is InChI=1S/C17H29N3O2/c1-17(2,3)20-16(18-4)19-13-14-8-6-9-15(12-14)22-11-7-10-21-5/h6,8-9,12H,7,10-11,13H2,1-5H3,(H2,18,19,20). The molecule has 0 aliphatic carbocycles. The number of nitrogens with one attached hydrogen (secondary N) is 2. The summed E-state index contributed by atoms with van der Waals surface area (Å²) in [6.45, 7) is 8.40. The molecule has 0 amide bonds. The molecule has 0 bridgehead atoms. The average Bonchev–Trinajstić information content (AvgIpc) is 2.47. The van der Waals surface area contributed by atoms with E-state index in [1.165, 1.54) is 0 Å². The summed E-state index contributed by atoms with van der Waals surface area (Å²) in [6, 6.07) is 8.09. The molecule has 0 radical (unpaired) electrons. The van der Waals surface area contributed by atoms with Gasteiger partial charge >= 0.3 is 0 Å². The Bertz CT molecular complexity index is 467. The van der Waals surface area contributed by atoms with E-state index in [0.717, 1.165) is 30.3 Å². The number of benzene rings is 1. The summed E-state index contributed by atoms with van der Waals surface area (Å²) in [6.07, 6.45) is 0.890. The van der Waals surface area contributed by atoms with E-state index in [1.54, 1.807) is 14.2 Å². The molecule has 1 rings (SSSR count). The second-order valence-electron chi connectivity index (χ2n) is 6.14. The Balaban J connectivity index is 2.48. The topological polar surface area (TPSA) is 54.9 Å². The second kappa shape index (κ2) is 9.30. The highest BCUT2D eigenvalue weighted by molar-refractivity contribution is 5.80. The monoisotopic (exact) mass is 307 g/mol. The molecule has 0 heterocycles. The summed E-state index contributed by atoms with van der Waals surface area (Å²) in [7, 11) is 3.47. The Morgan fingerprint density at radius 2 is 2.00 bits per heavy atom. The van der Waals surface area contributed by atoms with Crippen LogP contribution < -0.4 is 15.4 Å². The third kappa shape index (κ3) is 7.88. The minimum atomic E-state index is -0.0197. The Kier molecular flexibility index (Phi) is 7.74. The molecule has 0 aliphatic rings. The van der Waals surface area contributed by atoms with Gasteiger partial charge in [0.05, 0.1) is 6.61 Å². The van der Waals surface area contributed by atoms with Gasteiger partial charge in [-0.25, -0.2) is 0 Å². The minimum absolute atomic E-state index is 0.0197. The number of guanidine groups is 1. The van der Waals surface area contributed by atoms with Crippen molar-refractivity contribution in [3.8, 4) is 5.75 Å². The van der Waals surface area contributed by atoms with Crippen molar-refractivity contribution in [1.82, 2.24) is 10.6 Å². The lowest BCUT2D eigenvalue weighted by atomic mass is 10.1. The molecule has 0 saturated carbocycles. The van der Waals surface area contributed by atoms with Crippen LogP contribution in [0, 0.1) is 0 Å². The summed E-state index contributed by atoms with van der Waals surface area (Å²) >= 11 is 0. The van der Waals surface area contributed by atoms with E-state index in [-0.39, 0.29) is 5.54 Å². The van der Waals surface area contributed by atoms with Crippen LogP contribution in [0.5, 0.6) is 5.75 Å². The van der Waals surface area contributed by atoms with Gasteiger partial charge in [-0.1, -0.05) is 12.1 Å². The number of nitrogens with zero attached hydrogens (tertiary/aromatic N) is 1. The van der Waals surface area contributed by atoms with Crippen LogP contribution in [0.4, 0.5) is 0 Å². The first-order valence-corrected chi connectivity index (χ1v) is 7.64. The van der Waals surface area contributed by atoms with Gasteiger partial charge in [-0.15, -0.1) is 0 Å². The van der Waals surface area contributed by atoms with Crippen molar-refractivity contribution in [2.45, 2.75) is 39.3 Å². The van der Waals surface area contributed by atoms with Crippen molar-refractivity contribution in [3.05, 3.63) is 29.8 Å². The first-order chi connectivity index (χ1) is 10.4. The van der Waals surface area contributed by atoms with E-state index in [1.807, 2.05) is 18.2 Å². The van der Waals surface area contributed by atoms with Gasteiger partial charge < -0.3 is 20.1 Å². The molecule has 0 aromatic heterocycles. The maximum Gasteiger partial charge on any atom is 0.191 e. The van der Waals surface area contributed by atoms with Crippen molar-refractivity contribution in [2.75, 3.05) is 27.4 Å². The molecular formula is C17H29N3O2. The van der Waals surface area contributed by atoms with Gasteiger partial charge in [-0.3, -0.25) is 4.99 Å². The number of aliphatic imine (C=N–C) groups is 1. The summed E-state index contributed by atoms with van der Waals surface area (Å²) in [5, 5.41) is 6.64. The van der Waals surface area contributed by atoms with Gasteiger partial charge in [0.1, 0.15) is 5.75 Å². The molecule has 0 aliphatic heterocycles. The SMILES string of the molecule is CN=C(NCc1cccc(OCCCOC)c1)NC(C)(C)C. The zero-order valence-electron chi connectivity index (χ0n) is 14.4. The van der Waals surface area contributed by atoms with Gasteiger partial charge in [0.25, 0.3) is 0 Å². The lowest BCUT2D eigenvalue weighted by Gasteiger charge is -2.23. The molecule has 22 heavy (non-hydrogen) atoms. The molecule has 5 heteroatoms. The van der Waals surface area contributed by atoms with E-state index >= 15 is 0 Å². The predicted molar refractivity (Wildman–Crippen MR) is 91.5 cm³/mol. The van der Waals surface area contributed by atoms with Crippen LogP contribution in [0.2, 0.25) is 0 Å². The van der Waals surface area contributed by atoms with Gasteiger partial charge in [-0.05, 0) is 38.5 Å². The number of rotatable bonds is 7. The fraction of sp³-hybridized carbons (Fsp3) is 0.588. The molecule has 124 valence electrons. The van der Waals surface area contributed by atoms with Crippen LogP contribution in [-0.2, 0) is 11.3 Å². The van der Waals surface area contributed by atoms with Crippen LogP contribution >= 0.6 is 0 Å². The Hall–Kier alpha value is -1.75. The van der Waals surface area contributed by atoms with Crippen LogP contribution in [-0.4, -0.2) is 38.9 Å². The van der Waals surface area contributed by atoms with Crippen molar-refractivity contribution in [3.63, 3.8) is 0 Å². The quantitative estimate of drug-likeness (QED) is 0.462. The highest BCUT2D eigenvalue weighted by atomic mass is 16.5.